The van der Waals surface area contributed by atoms with E-state index in [2.05, 4.69) is 6.92 Å². The minimum atomic E-state index is -0.379. The van der Waals surface area contributed by atoms with Crippen molar-refractivity contribution >= 4 is 11.9 Å². The second-order valence-corrected chi connectivity index (χ2v) is 5.34. The molecule has 0 aromatic carbocycles. The predicted molar refractivity (Wildman–Crippen MR) is 73.4 cm³/mol. The highest BCUT2D eigenvalue weighted by molar-refractivity contribution is 5.84. The molecule has 1 aliphatic heterocycles. The van der Waals surface area contributed by atoms with Crippen molar-refractivity contribution in [2.24, 2.45) is 11.7 Å². The smallest absolute Gasteiger partial charge is 0.328 e. The summed E-state index contributed by atoms with van der Waals surface area (Å²) in [5, 5.41) is 0. The maximum atomic E-state index is 12.2. The number of esters is 1. The van der Waals surface area contributed by atoms with E-state index in [1.807, 2.05) is 0 Å². The number of piperidine rings is 1. The van der Waals surface area contributed by atoms with Gasteiger partial charge in [-0.1, -0.05) is 6.92 Å². The molecule has 5 nitrogen and oxygen atoms in total. The molecule has 2 unspecified atom stereocenters. The van der Waals surface area contributed by atoms with Gasteiger partial charge in [-0.2, -0.15) is 0 Å². The van der Waals surface area contributed by atoms with Crippen LogP contribution in [-0.4, -0.2) is 43.0 Å². The van der Waals surface area contributed by atoms with Crippen molar-refractivity contribution in [3.05, 3.63) is 0 Å². The van der Waals surface area contributed by atoms with E-state index in [1.165, 1.54) is 7.11 Å². The Morgan fingerprint density at radius 2 is 2.11 bits per heavy atom. The molecule has 1 aliphatic rings. The van der Waals surface area contributed by atoms with Crippen LogP contribution in [0.1, 0.15) is 45.4 Å². The number of hydrogen-bond acceptors (Lipinski definition) is 4. The first kappa shape index (κ1) is 16.0. The summed E-state index contributed by atoms with van der Waals surface area (Å²) in [5.41, 5.74) is 5.50. The van der Waals surface area contributed by atoms with Crippen molar-refractivity contribution in [1.82, 2.24) is 4.90 Å². The van der Waals surface area contributed by atoms with Crippen LogP contribution >= 0.6 is 0 Å². The van der Waals surface area contributed by atoms with Crippen molar-refractivity contribution in [2.45, 2.75) is 51.5 Å². The van der Waals surface area contributed by atoms with E-state index in [0.29, 0.717) is 25.4 Å². The van der Waals surface area contributed by atoms with Crippen molar-refractivity contribution < 1.29 is 14.3 Å². The minimum Gasteiger partial charge on any atom is -0.467 e. The maximum absolute atomic E-state index is 12.2. The molecule has 1 fully saturated rings. The molecule has 5 heteroatoms. The summed E-state index contributed by atoms with van der Waals surface area (Å²) < 4.78 is 4.78. The third-order valence-electron chi connectivity index (χ3n) is 3.81. The Balaban J connectivity index is 2.50. The van der Waals surface area contributed by atoms with Crippen molar-refractivity contribution in [3.8, 4) is 0 Å². The predicted octanol–water partition coefficient (Wildman–Crippen LogP) is 1.31. The highest BCUT2D eigenvalue weighted by Gasteiger charge is 2.32. The zero-order valence-electron chi connectivity index (χ0n) is 12.1. The molecule has 0 aromatic heterocycles. The number of likely N-dealkylation sites (tertiary alicyclic amines) is 1. The lowest BCUT2D eigenvalue weighted by molar-refractivity contribution is -0.154. The maximum Gasteiger partial charge on any atom is 0.328 e. The molecule has 0 aliphatic carbocycles. The lowest BCUT2D eigenvalue weighted by Crippen LogP contribution is -2.48. The Morgan fingerprint density at radius 3 is 2.74 bits per heavy atom. The van der Waals surface area contributed by atoms with Crippen LogP contribution < -0.4 is 5.73 Å². The Hall–Kier alpha value is -1.10. The largest absolute Gasteiger partial charge is 0.467 e. The molecule has 1 amide bonds. The number of rotatable bonds is 6. The molecular weight excluding hydrogens is 244 g/mol. The van der Waals surface area contributed by atoms with Gasteiger partial charge < -0.3 is 15.4 Å². The quantitative estimate of drug-likeness (QED) is 0.738. The third kappa shape index (κ3) is 4.82. The fourth-order valence-corrected chi connectivity index (χ4v) is 2.55. The Kier molecular flexibility index (Phi) is 6.84. The summed E-state index contributed by atoms with van der Waals surface area (Å²) in [5.74, 6) is 0.234. The molecule has 0 radical (unpaired) electrons. The first-order chi connectivity index (χ1) is 9.10. The van der Waals surface area contributed by atoms with Gasteiger partial charge in [-0.15, -0.1) is 0 Å². The topological polar surface area (TPSA) is 72.6 Å². The fraction of sp³-hybridized carbons (Fsp3) is 0.857. The van der Waals surface area contributed by atoms with Gasteiger partial charge in [0.25, 0.3) is 0 Å². The number of nitrogens with zero attached hydrogens (tertiary/aromatic N) is 1. The molecule has 2 N–H and O–H groups in total. The van der Waals surface area contributed by atoms with Crippen LogP contribution in [0.5, 0.6) is 0 Å². The monoisotopic (exact) mass is 270 g/mol. The third-order valence-corrected chi connectivity index (χ3v) is 3.81. The second kappa shape index (κ2) is 8.15. The number of carbonyl (C=O) groups excluding carboxylic acids is 2. The van der Waals surface area contributed by atoms with E-state index < -0.39 is 0 Å². The van der Waals surface area contributed by atoms with Gasteiger partial charge >= 0.3 is 5.97 Å². The molecule has 1 saturated heterocycles. The van der Waals surface area contributed by atoms with Crippen LogP contribution in [0.25, 0.3) is 0 Å². The first-order valence-corrected chi connectivity index (χ1v) is 7.17. The average Bonchev–Trinajstić information content (AvgIpc) is 2.44. The zero-order valence-corrected chi connectivity index (χ0v) is 12.1. The molecule has 0 spiro atoms. The van der Waals surface area contributed by atoms with Gasteiger partial charge in [-0.25, -0.2) is 4.79 Å². The Morgan fingerprint density at radius 1 is 1.37 bits per heavy atom. The van der Waals surface area contributed by atoms with Gasteiger partial charge in [0.1, 0.15) is 6.04 Å². The van der Waals surface area contributed by atoms with Crippen molar-refractivity contribution in [2.75, 3.05) is 20.2 Å². The summed E-state index contributed by atoms with van der Waals surface area (Å²) in [4.78, 5) is 25.6. The lowest BCUT2D eigenvalue weighted by Gasteiger charge is -2.34. The lowest BCUT2D eigenvalue weighted by atomic mass is 9.98. The van der Waals surface area contributed by atoms with Crippen LogP contribution in [0, 0.1) is 5.92 Å². The van der Waals surface area contributed by atoms with E-state index in [4.69, 9.17) is 10.5 Å². The van der Waals surface area contributed by atoms with Gasteiger partial charge in [-0.3, -0.25) is 4.79 Å². The standard InChI is InChI=1S/C14H26N2O3/c1-11(8-9-15)6-7-13(17)16-10-4-3-5-12(16)14(18)19-2/h11-12H,3-10,15H2,1-2H3. The van der Waals surface area contributed by atoms with E-state index >= 15 is 0 Å². The Bertz CT molecular complexity index is 307. The molecule has 110 valence electrons. The molecular formula is C14H26N2O3. The van der Waals surface area contributed by atoms with Crippen LogP contribution in [0.3, 0.4) is 0 Å². The number of hydrogen-bond donors (Lipinski definition) is 1. The van der Waals surface area contributed by atoms with Crippen LogP contribution in [0.2, 0.25) is 0 Å². The van der Waals surface area contributed by atoms with Crippen LogP contribution in [-0.2, 0) is 14.3 Å². The second-order valence-electron chi connectivity index (χ2n) is 5.34. The van der Waals surface area contributed by atoms with Gasteiger partial charge in [0.2, 0.25) is 5.91 Å². The fourth-order valence-electron chi connectivity index (χ4n) is 2.55. The highest BCUT2D eigenvalue weighted by atomic mass is 16.5. The number of methoxy groups -OCH3 is 1. The molecule has 0 aromatic rings. The Labute approximate surface area is 115 Å². The number of nitrogens with two attached hydrogens (primary N) is 1. The average molecular weight is 270 g/mol. The normalized spacial score (nSPS) is 21.0. The molecule has 0 bridgehead atoms. The summed E-state index contributed by atoms with van der Waals surface area (Å²) >= 11 is 0. The summed E-state index contributed by atoms with van der Waals surface area (Å²) in [6.45, 7) is 3.43. The van der Waals surface area contributed by atoms with Gasteiger partial charge in [0.15, 0.2) is 0 Å². The molecule has 0 saturated carbocycles. The van der Waals surface area contributed by atoms with Crippen LogP contribution in [0.4, 0.5) is 0 Å². The summed E-state index contributed by atoms with van der Waals surface area (Å²) in [7, 11) is 1.38. The molecule has 1 rings (SSSR count). The van der Waals surface area contributed by atoms with E-state index in [1.54, 1.807) is 4.90 Å². The zero-order chi connectivity index (χ0) is 14.3. The minimum absolute atomic E-state index is 0.0685. The molecule has 1 heterocycles. The van der Waals surface area contributed by atoms with Crippen molar-refractivity contribution in [1.29, 1.82) is 0 Å². The van der Waals surface area contributed by atoms with Gasteiger partial charge in [0, 0.05) is 13.0 Å². The number of ether oxygens (including phenoxy) is 1. The SMILES string of the molecule is COC(=O)C1CCCCN1C(=O)CCC(C)CCN. The summed E-state index contributed by atoms with van der Waals surface area (Å²) in [6, 6.07) is -0.379. The number of carbonyl (C=O) groups is 2. The van der Waals surface area contributed by atoms with Gasteiger partial charge in [0.05, 0.1) is 7.11 Å². The number of amides is 1. The van der Waals surface area contributed by atoms with E-state index in [9.17, 15) is 9.59 Å². The van der Waals surface area contributed by atoms with Gasteiger partial charge in [-0.05, 0) is 44.6 Å². The first-order valence-electron chi connectivity index (χ1n) is 7.17. The van der Waals surface area contributed by atoms with E-state index in [-0.39, 0.29) is 17.9 Å². The highest BCUT2D eigenvalue weighted by Crippen LogP contribution is 2.20. The summed E-state index contributed by atoms with van der Waals surface area (Å²) in [6.07, 6.45) is 4.93. The molecule has 2 atom stereocenters. The van der Waals surface area contributed by atoms with Crippen LogP contribution in [0.15, 0.2) is 0 Å². The van der Waals surface area contributed by atoms with E-state index in [0.717, 1.165) is 32.1 Å². The molecule has 19 heavy (non-hydrogen) atoms. The van der Waals surface area contributed by atoms with Crippen molar-refractivity contribution in [3.63, 3.8) is 0 Å².